The summed E-state index contributed by atoms with van der Waals surface area (Å²) in [5, 5.41) is 9.39. The number of esters is 1. The topological polar surface area (TPSA) is 112 Å². The summed E-state index contributed by atoms with van der Waals surface area (Å²) in [6, 6.07) is 11.6. The van der Waals surface area contributed by atoms with Crippen LogP contribution in [0.5, 0.6) is 11.5 Å². The lowest BCUT2D eigenvalue weighted by molar-refractivity contribution is 0.0105. The summed E-state index contributed by atoms with van der Waals surface area (Å²) in [5.74, 6) is -0.208. The third-order valence-corrected chi connectivity index (χ3v) is 5.59. The Morgan fingerprint density at radius 3 is 2.35 bits per heavy atom. The number of methoxy groups -OCH3 is 2. The van der Waals surface area contributed by atoms with Gasteiger partial charge in [0.25, 0.3) is 5.91 Å². The van der Waals surface area contributed by atoms with Gasteiger partial charge in [0.1, 0.15) is 17.6 Å². The largest absolute Gasteiger partial charge is 0.508 e. The van der Waals surface area contributed by atoms with Crippen molar-refractivity contribution >= 4 is 18.0 Å². The molecule has 0 spiro atoms. The fourth-order valence-electron chi connectivity index (χ4n) is 3.72. The van der Waals surface area contributed by atoms with Crippen molar-refractivity contribution in [2.45, 2.75) is 31.8 Å². The Morgan fingerprint density at radius 2 is 1.71 bits per heavy atom. The van der Waals surface area contributed by atoms with Gasteiger partial charge in [-0.15, -0.1) is 0 Å². The van der Waals surface area contributed by atoms with Gasteiger partial charge in [-0.05, 0) is 48.7 Å². The molecule has 1 heterocycles. The van der Waals surface area contributed by atoms with E-state index in [0.717, 1.165) is 12.0 Å². The molecular formula is C25H29NO8. The molecule has 0 radical (unpaired) electrons. The average molecular weight is 472 g/mol. The number of amides is 1. The predicted molar refractivity (Wildman–Crippen MR) is 122 cm³/mol. The normalized spacial score (nSPS) is 13.8. The molecule has 0 unspecified atom stereocenters. The van der Waals surface area contributed by atoms with Crippen LogP contribution in [0.1, 0.15) is 45.5 Å². The molecule has 34 heavy (non-hydrogen) atoms. The molecule has 0 saturated carbocycles. The van der Waals surface area contributed by atoms with Crippen LogP contribution in [0.25, 0.3) is 0 Å². The highest BCUT2D eigenvalue weighted by Crippen LogP contribution is 2.25. The molecule has 9 nitrogen and oxygen atoms in total. The molecule has 1 aliphatic rings. The quantitative estimate of drug-likeness (QED) is 0.459. The van der Waals surface area contributed by atoms with E-state index in [0.29, 0.717) is 44.7 Å². The third-order valence-electron chi connectivity index (χ3n) is 5.59. The molecular weight excluding hydrogens is 442 g/mol. The van der Waals surface area contributed by atoms with Crippen LogP contribution in [0, 0.1) is 0 Å². The monoisotopic (exact) mass is 471 g/mol. The van der Waals surface area contributed by atoms with E-state index in [4.69, 9.17) is 14.2 Å². The maximum absolute atomic E-state index is 13.3. The van der Waals surface area contributed by atoms with E-state index in [1.807, 2.05) is 12.1 Å². The lowest BCUT2D eigenvalue weighted by atomic mass is 10.0. The Kier molecular flexibility index (Phi) is 8.73. The van der Waals surface area contributed by atoms with Gasteiger partial charge in [-0.1, -0.05) is 12.1 Å². The van der Waals surface area contributed by atoms with Crippen LogP contribution in [-0.4, -0.2) is 68.1 Å². The first-order valence-corrected chi connectivity index (χ1v) is 11.1. The van der Waals surface area contributed by atoms with E-state index < -0.39 is 12.1 Å². The molecule has 0 atom stereocenters. The van der Waals surface area contributed by atoms with Crippen molar-refractivity contribution in [3.8, 4) is 11.5 Å². The summed E-state index contributed by atoms with van der Waals surface area (Å²) in [6.07, 6.45) is 1.37. The molecule has 1 fully saturated rings. The van der Waals surface area contributed by atoms with Crippen LogP contribution in [-0.2, 0) is 20.6 Å². The molecule has 2 aromatic rings. The Bertz CT molecular complexity index is 996. The SMILES string of the molecule is COC(=O)OC1CCN(C(=O)c2cc(C(=O)OC)ccc2OCCCc2ccc(O)cc2)CC1. The number of aromatic hydroxyl groups is 1. The fraction of sp³-hybridized carbons (Fsp3) is 0.400. The van der Waals surface area contributed by atoms with Crippen LogP contribution >= 0.6 is 0 Å². The second kappa shape index (κ2) is 11.9. The van der Waals surface area contributed by atoms with Gasteiger partial charge >= 0.3 is 12.1 Å². The summed E-state index contributed by atoms with van der Waals surface area (Å²) in [7, 11) is 2.53. The number of nitrogens with zero attached hydrogens (tertiary/aromatic N) is 1. The number of phenols is 1. The number of hydrogen-bond acceptors (Lipinski definition) is 8. The molecule has 0 aliphatic carbocycles. The van der Waals surface area contributed by atoms with Crippen molar-refractivity contribution in [2.75, 3.05) is 33.9 Å². The Balaban J connectivity index is 1.66. The number of hydrogen-bond donors (Lipinski definition) is 1. The second-order valence-corrected chi connectivity index (χ2v) is 7.88. The maximum Gasteiger partial charge on any atom is 0.508 e. The number of phenolic OH excluding ortho intramolecular Hbond substituents is 1. The Hall–Kier alpha value is -3.75. The molecule has 0 aromatic heterocycles. The molecule has 1 amide bonds. The lowest BCUT2D eigenvalue weighted by Gasteiger charge is -2.31. The number of aryl methyl sites for hydroxylation is 1. The van der Waals surface area contributed by atoms with E-state index in [-0.39, 0.29) is 28.9 Å². The number of carbonyl (C=O) groups excluding carboxylic acids is 3. The summed E-state index contributed by atoms with van der Waals surface area (Å²) in [4.78, 5) is 38.3. The van der Waals surface area contributed by atoms with Crippen molar-refractivity contribution in [2.24, 2.45) is 0 Å². The average Bonchev–Trinajstić information content (AvgIpc) is 2.87. The lowest BCUT2D eigenvalue weighted by Crippen LogP contribution is -2.41. The molecule has 0 bridgehead atoms. The molecule has 3 rings (SSSR count). The summed E-state index contributed by atoms with van der Waals surface area (Å²) >= 11 is 0. The summed E-state index contributed by atoms with van der Waals surface area (Å²) < 4.78 is 20.4. The van der Waals surface area contributed by atoms with Crippen LogP contribution < -0.4 is 4.74 Å². The standard InChI is InChI=1S/C25H29NO8/c1-31-24(29)18-7-10-22(33-15-3-4-17-5-8-19(27)9-6-17)21(16-18)23(28)26-13-11-20(12-14-26)34-25(30)32-2/h5-10,16,20,27H,3-4,11-15H2,1-2H3. The Labute approximate surface area is 198 Å². The van der Waals surface area contributed by atoms with E-state index >= 15 is 0 Å². The van der Waals surface area contributed by atoms with Crippen molar-refractivity contribution in [1.82, 2.24) is 4.90 Å². The van der Waals surface area contributed by atoms with Crippen molar-refractivity contribution < 1.29 is 38.4 Å². The predicted octanol–water partition coefficient (Wildman–Crippen LogP) is 3.58. The van der Waals surface area contributed by atoms with E-state index in [9.17, 15) is 19.5 Å². The maximum atomic E-state index is 13.3. The van der Waals surface area contributed by atoms with Gasteiger partial charge in [0.2, 0.25) is 0 Å². The van der Waals surface area contributed by atoms with Crippen LogP contribution in [0.15, 0.2) is 42.5 Å². The molecule has 1 saturated heterocycles. The first-order chi connectivity index (χ1) is 16.4. The highest BCUT2D eigenvalue weighted by Gasteiger charge is 2.28. The van der Waals surface area contributed by atoms with Crippen molar-refractivity contribution in [3.05, 3.63) is 59.2 Å². The highest BCUT2D eigenvalue weighted by atomic mass is 16.7. The number of ether oxygens (including phenoxy) is 4. The molecule has 1 N–H and O–H groups in total. The highest BCUT2D eigenvalue weighted by molar-refractivity contribution is 6.00. The van der Waals surface area contributed by atoms with Crippen molar-refractivity contribution in [3.63, 3.8) is 0 Å². The first kappa shape index (κ1) is 24.9. The summed E-state index contributed by atoms with van der Waals surface area (Å²) in [6.45, 7) is 1.15. The van der Waals surface area contributed by atoms with Gasteiger partial charge < -0.3 is 29.0 Å². The summed E-state index contributed by atoms with van der Waals surface area (Å²) in [5.41, 5.74) is 1.60. The van der Waals surface area contributed by atoms with Gasteiger partial charge in [0, 0.05) is 25.9 Å². The minimum Gasteiger partial charge on any atom is -0.508 e. The van der Waals surface area contributed by atoms with Crippen LogP contribution in [0.3, 0.4) is 0 Å². The smallest absolute Gasteiger partial charge is 0.508 e. The number of likely N-dealkylation sites (tertiary alicyclic amines) is 1. The number of rotatable bonds is 8. The zero-order valence-electron chi connectivity index (χ0n) is 19.3. The van der Waals surface area contributed by atoms with E-state index in [2.05, 4.69) is 4.74 Å². The number of piperidine rings is 1. The molecule has 182 valence electrons. The zero-order valence-corrected chi connectivity index (χ0v) is 19.3. The second-order valence-electron chi connectivity index (χ2n) is 7.88. The van der Waals surface area contributed by atoms with Gasteiger partial charge in [0.15, 0.2) is 0 Å². The van der Waals surface area contributed by atoms with Crippen molar-refractivity contribution in [1.29, 1.82) is 0 Å². The van der Waals surface area contributed by atoms with Gasteiger partial charge in [-0.2, -0.15) is 0 Å². The molecule has 1 aliphatic heterocycles. The van der Waals surface area contributed by atoms with E-state index in [1.165, 1.54) is 20.3 Å². The third kappa shape index (κ3) is 6.63. The first-order valence-electron chi connectivity index (χ1n) is 11.1. The number of benzene rings is 2. The minimum absolute atomic E-state index is 0.217. The van der Waals surface area contributed by atoms with Crippen LogP contribution in [0.2, 0.25) is 0 Å². The Morgan fingerprint density at radius 1 is 1.00 bits per heavy atom. The van der Waals surface area contributed by atoms with Crippen LogP contribution in [0.4, 0.5) is 4.79 Å². The van der Waals surface area contributed by atoms with E-state index in [1.54, 1.807) is 29.2 Å². The van der Waals surface area contributed by atoms with Gasteiger partial charge in [-0.25, -0.2) is 9.59 Å². The van der Waals surface area contributed by atoms with Gasteiger partial charge in [0.05, 0.1) is 32.0 Å². The molecule has 9 heteroatoms. The zero-order chi connectivity index (χ0) is 24.5. The molecule has 2 aromatic carbocycles. The van der Waals surface area contributed by atoms with Gasteiger partial charge in [-0.3, -0.25) is 4.79 Å². The number of carbonyl (C=O) groups is 3. The minimum atomic E-state index is -0.737. The fourth-order valence-corrected chi connectivity index (χ4v) is 3.72.